The molecule has 1 nitrogen and oxygen atoms in total. The van der Waals surface area contributed by atoms with Crippen LogP contribution in [-0.4, -0.2) is 11.7 Å². The zero-order valence-electron chi connectivity index (χ0n) is 6.35. The standard InChI is InChI=1S/C8H16O/c1-3-5-8(4-2)6-7-9/h4,9H,3,5-7H2,1-2H3. The van der Waals surface area contributed by atoms with E-state index in [4.69, 9.17) is 5.11 Å². The van der Waals surface area contributed by atoms with Gasteiger partial charge in [-0.3, -0.25) is 0 Å². The Bertz CT molecular complexity index is 76.6. The molecule has 0 atom stereocenters. The van der Waals surface area contributed by atoms with Crippen molar-refractivity contribution in [3.63, 3.8) is 0 Å². The molecule has 0 aliphatic heterocycles. The maximum Gasteiger partial charge on any atom is 0.0468 e. The van der Waals surface area contributed by atoms with Gasteiger partial charge < -0.3 is 5.11 Å². The van der Waals surface area contributed by atoms with E-state index in [-0.39, 0.29) is 0 Å². The van der Waals surface area contributed by atoms with Crippen LogP contribution in [-0.2, 0) is 0 Å². The molecule has 0 aliphatic carbocycles. The summed E-state index contributed by atoms with van der Waals surface area (Å²) in [5.41, 5.74) is 1.38. The van der Waals surface area contributed by atoms with E-state index in [1.807, 2.05) is 6.92 Å². The van der Waals surface area contributed by atoms with Gasteiger partial charge in [0.15, 0.2) is 0 Å². The Labute approximate surface area is 57.4 Å². The lowest BCUT2D eigenvalue weighted by atomic mass is 10.1. The van der Waals surface area contributed by atoms with E-state index < -0.39 is 0 Å². The maximum atomic E-state index is 8.55. The predicted octanol–water partition coefficient (Wildman–Crippen LogP) is 2.12. The van der Waals surface area contributed by atoms with E-state index in [0.717, 1.165) is 12.8 Å². The van der Waals surface area contributed by atoms with Gasteiger partial charge in [0.25, 0.3) is 0 Å². The quantitative estimate of drug-likeness (QED) is 0.575. The largest absolute Gasteiger partial charge is 0.396 e. The van der Waals surface area contributed by atoms with Crippen LogP contribution in [0.5, 0.6) is 0 Å². The van der Waals surface area contributed by atoms with Gasteiger partial charge in [-0.25, -0.2) is 0 Å². The molecular formula is C8H16O. The third-order valence-electron chi connectivity index (χ3n) is 1.41. The topological polar surface area (TPSA) is 20.2 Å². The zero-order chi connectivity index (χ0) is 7.11. The maximum absolute atomic E-state index is 8.55. The monoisotopic (exact) mass is 128 g/mol. The number of aliphatic hydroxyl groups excluding tert-OH is 1. The molecule has 0 aliphatic rings. The fraction of sp³-hybridized carbons (Fsp3) is 0.750. The average molecular weight is 128 g/mol. The highest BCUT2D eigenvalue weighted by molar-refractivity contribution is 4.99. The summed E-state index contributed by atoms with van der Waals surface area (Å²) < 4.78 is 0. The molecule has 0 radical (unpaired) electrons. The molecule has 0 heterocycles. The highest BCUT2D eigenvalue weighted by atomic mass is 16.2. The normalized spacial score (nSPS) is 12.1. The molecule has 0 aromatic heterocycles. The van der Waals surface area contributed by atoms with E-state index in [2.05, 4.69) is 13.0 Å². The lowest BCUT2D eigenvalue weighted by molar-refractivity contribution is 0.297. The second-order valence-electron chi connectivity index (χ2n) is 2.17. The van der Waals surface area contributed by atoms with Crippen molar-refractivity contribution < 1.29 is 5.11 Å². The van der Waals surface area contributed by atoms with Crippen LogP contribution in [0.15, 0.2) is 11.6 Å². The average Bonchev–Trinajstić information content (AvgIpc) is 1.88. The molecule has 0 fully saturated rings. The minimum Gasteiger partial charge on any atom is -0.396 e. The number of rotatable bonds is 4. The van der Waals surface area contributed by atoms with Crippen molar-refractivity contribution in [2.45, 2.75) is 33.1 Å². The highest BCUT2D eigenvalue weighted by Crippen LogP contribution is 2.07. The van der Waals surface area contributed by atoms with Crippen molar-refractivity contribution in [2.24, 2.45) is 0 Å². The van der Waals surface area contributed by atoms with Crippen LogP contribution in [0.3, 0.4) is 0 Å². The Balaban J connectivity index is 3.43. The van der Waals surface area contributed by atoms with Crippen LogP contribution in [0.1, 0.15) is 33.1 Å². The van der Waals surface area contributed by atoms with Crippen LogP contribution >= 0.6 is 0 Å². The Kier molecular flexibility index (Phi) is 5.64. The molecule has 0 rings (SSSR count). The third kappa shape index (κ3) is 4.22. The zero-order valence-corrected chi connectivity index (χ0v) is 6.35. The molecule has 0 bridgehead atoms. The van der Waals surface area contributed by atoms with Gasteiger partial charge in [-0.15, -0.1) is 0 Å². The van der Waals surface area contributed by atoms with Gasteiger partial charge in [0, 0.05) is 6.61 Å². The van der Waals surface area contributed by atoms with Crippen molar-refractivity contribution in [3.8, 4) is 0 Å². The predicted molar refractivity (Wildman–Crippen MR) is 40.4 cm³/mol. The number of aliphatic hydroxyl groups is 1. The van der Waals surface area contributed by atoms with Crippen LogP contribution in [0.4, 0.5) is 0 Å². The summed E-state index contributed by atoms with van der Waals surface area (Å²) in [7, 11) is 0. The first-order valence-corrected chi connectivity index (χ1v) is 3.60. The van der Waals surface area contributed by atoms with Crippen LogP contribution < -0.4 is 0 Å². The number of hydrogen-bond donors (Lipinski definition) is 1. The SMILES string of the molecule is CC=C(CCC)CCO. The van der Waals surface area contributed by atoms with Crippen molar-refractivity contribution in [1.29, 1.82) is 0 Å². The molecule has 0 aromatic carbocycles. The molecule has 1 heteroatoms. The van der Waals surface area contributed by atoms with Gasteiger partial charge in [-0.1, -0.05) is 25.0 Å². The van der Waals surface area contributed by atoms with Gasteiger partial charge in [-0.2, -0.15) is 0 Å². The minimum absolute atomic E-state index is 0.291. The summed E-state index contributed by atoms with van der Waals surface area (Å²) in [5, 5.41) is 8.55. The van der Waals surface area contributed by atoms with E-state index in [9.17, 15) is 0 Å². The first kappa shape index (κ1) is 8.70. The lowest BCUT2D eigenvalue weighted by Gasteiger charge is -2.00. The number of allylic oxidation sites excluding steroid dienone is 1. The van der Waals surface area contributed by atoms with Crippen molar-refractivity contribution in [3.05, 3.63) is 11.6 Å². The Hall–Kier alpha value is -0.300. The highest BCUT2D eigenvalue weighted by Gasteiger charge is 1.91. The van der Waals surface area contributed by atoms with Gasteiger partial charge in [-0.05, 0) is 19.8 Å². The molecule has 1 N–H and O–H groups in total. The summed E-state index contributed by atoms with van der Waals surface area (Å²) in [6.07, 6.45) is 5.26. The molecule has 0 amide bonds. The molecule has 0 aromatic rings. The summed E-state index contributed by atoms with van der Waals surface area (Å²) in [6.45, 7) is 4.47. The van der Waals surface area contributed by atoms with E-state index >= 15 is 0 Å². The van der Waals surface area contributed by atoms with Crippen molar-refractivity contribution >= 4 is 0 Å². The van der Waals surface area contributed by atoms with Gasteiger partial charge in [0.2, 0.25) is 0 Å². The molecule has 0 spiro atoms. The third-order valence-corrected chi connectivity index (χ3v) is 1.41. The van der Waals surface area contributed by atoms with Crippen molar-refractivity contribution in [2.75, 3.05) is 6.61 Å². The van der Waals surface area contributed by atoms with Gasteiger partial charge >= 0.3 is 0 Å². The Morgan fingerprint density at radius 3 is 2.44 bits per heavy atom. The molecular weight excluding hydrogens is 112 g/mol. The smallest absolute Gasteiger partial charge is 0.0468 e. The van der Waals surface area contributed by atoms with Crippen LogP contribution in [0.2, 0.25) is 0 Å². The summed E-state index contributed by atoms with van der Waals surface area (Å²) >= 11 is 0. The van der Waals surface area contributed by atoms with Crippen LogP contribution in [0.25, 0.3) is 0 Å². The van der Waals surface area contributed by atoms with Crippen molar-refractivity contribution in [1.82, 2.24) is 0 Å². The fourth-order valence-electron chi connectivity index (χ4n) is 0.878. The van der Waals surface area contributed by atoms with Crippen LogP contribution in [0, 0.1) is 0 Å². The first-order chi connectivity index (χ1) is 4.35. The molecule has 0 unspecified atom stereocenters. The Morgan fingerprint density at radius 2 is 2.11 bits per heavy atom. The summed E-state index contributed by atoms with van der Waals surface area (Å²) in [4.78, 5) is 0. The molecule has 9 heavy (non-hydrogen) atoms. The van der Waals surface area contributed by atoms with E-state index in [1.165, 1.54) is 12.0 Å². The second-order valence-corrected chi connectivity index (χ2v) is 2.17. The molecule has 0 saturated heterocycles. The minimum atomic E-state index is 0.291. The number of hydrogen-bond acceptors (Lipinski definition) is 1. The molecule has 54 valence electrons. The lowest BCUT2D eigenvalue weighted by Crippen LogP contribution is -1.87. The summed E-state index contributed by atoms with van der Waals surface area (Å²) in [6, 6.07) is 0. The molecule has 0 saturated carbocycles. The van der Waals surface area contributed by atoms with E-state index in [0.29, 0.717) is 6.61 Å². The summed E-state index contributed by atoms with van der Waals surface area (Å²) in [5.74, 6) is 0. The Morgan fingerprint density at radius 1 is 1.44 bits per heavy atom. The van der Waals surface area contributed by atoms with Gasteiger partial charge in [0.05, 0.1) is 0 Å². The van der Waals surface area contributed by atoms with E-state index in [1.54, 1.807) is 0 Å². The van der Waals surface area contributed by atoms with Gasteiger partial charge in [0.1, 0.15) is 0 Å². The first-order valence-electron chi connectivity index (χ1n) is 3.60. The fourth-order valence-corrected chi connectivity index (χ4v) is 0.878. The second kappa shape index (κ2) is 5.83.